The van der Waals surface area contributed by atoms with Crippen molar-refractivity contribution in [3.8, 4) is 5.75 Å². The molecule has 1 fully saturated rings. The molecular weight excluding hydrogens is 464 g/mol. The summed E-state index contributed by atoms with van der Waals surface area (Å²) in [6, 6.07) is 12.6. The molecule has 1 aliphatic rings. The Morgan fingerprint density at radius 3 is 2.30 bits per heavy atom. The van der Waals surface area contributed by atoms with Gasteiger partial charge in [0.05, 0.1) is 11.6 Å². The average molecular weight is 505 g/mol. The Kier molecular flexibility index (Phi) is 8.98. The first-order chi connectivity index (χ1) is 17.5. The van der Waals surface area contributed by atoms with Crippen molar-refractivity contribution >= 4 is 17.4 Å². The highest BCUT2D eigenvalue weighted by Crippen LogP contribution is 2.40. The molecule has 1 heterocycles. The molecule has 0 spiro atoms. The van der Waals surface area contributed by atoms with Crippen LogP contribution in [0, 0.1) is 6.92 Å². The van der Waals surface area contributed by atoms with Crippen LogP contribution in [0.2, 0.25) is 0 Å². The minimum atomic E-state index is -0.666. The fourth-order valence-corrected chi connectivity index (χ4v) is 4.70. The number of aliphatic hydroxyl groups excluding tert-OH is 1. The standard InChI is InChI=1S/C31H40N2O4/c1-8-19-37-24-15-16-25(21(4)20-24)28(34)26-27(22-11-13-23(14-12-22)31(5,6)7)33(30(36)29(26)35)18-17-32(9-2)10-3/h8,11-16,20,27,34H,1,9-10,17-19H2,2-7H3. The second-order valence-corrected chi connectivity index (χ2v) is 10.5. The maximum absolute atomic E-state index is 13.4. The van der Waals surface area contributed by atoms with Gasteiger partial charge in [-0.3, -0.25) is 9.59 Å². The summed E-state index contributed by atoms with van der Waals surface area (Å²) in [5.41, 5.74) is 3.30. The minimum absolute atomic E-state index is 0.0321. The Morgan fingerprint density at radius 1 is 1.11 bits per heavy atom. The number of likely N-dealkylation sites (N-methyl/N-ethyl adjacent to an activating group) is 1. The highest BCUT2D eigenvalue weighted by molar-refractivity contribution is 6.46. The van der Waals surface area contributed by atoms with Crippen molar-refractivity contribution in [2.45, 2.75) is 53.0 Å². The molecule has 0 saturated carbocycles. The second-order valence-electron chi connectivity index (χ2n) is 10.5. The van der Waals surface area contributed by atoms with Gasteiger partial charge >= 0.3 is 0 Å². The third-order valence-corrected chi connectivity index (χ3v) is 7.00. The molecule has 2 aromatic carbocycles. The monoisotopic (exact) mass is 504 g/mol. The van der Waals surface area contributed by atoms with Gasteiger partial charge in [0.1, 0.15) is 18.1 Å². The molecule has 1 N–H and O–H groups in total. The lowest BCUT2D eigenvalue weighted by Crippen LogP contribution is -2.38. The van der Waals surface area contributed by atoms with E-state index in [0.717, 1.165) is 29.8 Å². The summed E-state index contributed by atoms with van der Waals surface area (Å²) in [7, 11) is 0. The molecular formula is C31H40N2O4. The average Bonchev–Trinajstić information content (AvgIpc) is 3.12. The summed E-state index contributed by atoms with van der Waals surface area (Å²) in [6.07, 6.45) is 1.66. The number of ketones is 1. The predicted molar refractivity (Wildman–Crippen MR) is 149 cm³/mol. The normalized spacial score (nSPS) is 17.5. The van der Waals surface area contributed by atoms with E-state index >= 15 is 0 Å². The van der Waals surface area contributed by atoms with Crippen LogP contribution >= 0.6 is 0 Å². The van der Waals surface area contributed by atoms with E-state index in [1.807, 2.05) is 37.3 Å². The van der Waals surface area contributed by atoms with Gasteiger partial charge in [-0.25, -0.2) is 0 Å². The fraction of sp³-hybridized carbons (Fsp3) is 0.419. The number of carbonyl (C=O) groups excluding carboxylic acids is 2. The molecule has 1 atom stereocenters. The van der Waals surface area contributed by atoms with E-state index in [9.17, 15) is 14.7 Å². The fourth-order valence-electron chi connectivity index (χ4n) is 4.70. The molecule has 1 saturated heterocycles. The first kappa shape index (κ1) is 28.2. The number of rotatable bonds is 10. The van der Waals surface area contributed by atoms with Crippen molar-refractivity contribution in [2.24, 2.45) is 0 Å². The van der Waals surface area contributed by atoms with E-state index in [2.05, 4.69) is 46.1 Å². The lowest BCUT2D eigenvalue weighted by molar-refractivity contribution is -0.140. The molecule has 198 valence electrons. The van der Waals surface area contributed by atoms with Crippen LogP contribution in [0.25, 0.3) is 5.76 Å². The number of benzene rings is 2. The molecule has 0 radical (unpaired) electrons. The van der Waals surface area contributed by atoms with Gasteiger partial charge in [-0.05, 0) is 60.3 Å². The van der Waals surface area contributed by atoms with Crippen molar-refractivity contribution in [3.05, 3.63) is 82.9 Å². The number of likely N-dealkylation sites (tertiary alicyclic amines) is 1. The molecule has 2 aromatic rings. The lowest BCUT2D eigenvalue weighted by Gasteiger charge is -2.29. The zero-order chi connectivity index (χ0) is 27.3. The third-order valence-electron chi connectivity index (χ3n) is 7.00. The topological polar surface area (TPSA) is 70.1 Å². The molecule has 1 amide bonds. The highest BCUT2D eigenvalue weighted by atomic mass is 16.5. The van der Waals surface area contributed by atoms with E-state index in [4.69, 9.17) is 4.74 Å². The van der Waals surface area contributed by atoms with Crippen LogP contribution in [0.1, 0.15) is 62.9 Å². The van der Waals surface area contributed by atoms with Gasteiger partial charge in [-0.15, -0.1) is 0 Å². The van der Waals surface area contributed by atoms with Crippen LogP contribution < -0.4 is 4.74 Å². The zero-order valence-corrected chi connectivity index (χ0v) is 23.0. The van der Waals surface area contributed by atoms with E-state index in [1.165, 1.54) is 0 Å². The first-order valence-electron chi connectivity index (χ1n) is 13.0. The highest BCUT2D eigenvalue weighted by Gasteiger charge is 2.46. The Bertz CT molecular complexity index is 1170. The van der Waals surface area contributed by atoms with E-state index < -0.39 is 17.7 Å². The van der Waals surface area contributed by atoms with Crippen LogP contribution in [-0.2, 0) is 15.0 Å². The van der Waals surface area contributed by atoms with Gasteiger partial charge in [-0.2, -0.15) is 0 Å². The molecule has 37 heavy (non-hydrogen) atoms. The van der Waals surface area contributed by atoms with Gasteiger partial charge in [-0.1, -0.05) is 71.5 Å². The molecule has 1 aliphatic heterocycles. The van der Waals surface area contributed by atoms with Gasteiger partial charge < -0.3 is 19.6 Å². The van der Waals surface area contributed by atoms with Crippen molar-refractivity contribution in [1.29, 1.82) is 0 Å². The number of aliphatic hydroxyl groups is 1. The minimum Gasteiger partial charge on any atom is -0.507 e. The Balaban J connectivity index is 2.11. The molecule has 6 nitrogen and oxygen atoms in total. The number of amides is 1. The summed E-state index contributed by atoms with van der Waals surface area (Å²) in [5, 5.41) is 11.5. The summed E-state index contributed by atoms with van der Waals surface area (Å²) in [4.78, 5) is 30.5. The van der Waals surface area contributed by atoms with Gasteiger partial charge in [0.25, 0.3) is 11.7 Å². The number of carbonyl (C=O) groups is 2. The third kappa shape index (κ3) is 6.13. The van der Waals surface area contributed by atoms with Gasteiger partial charge in [0.15, 0.2) is 0 Å². The molecule has 0 aromatic heterocycles. The van der Waals surface area contributed by atoms with Crippen molar-refractivity contribution in [3.63, 3.8) is 0 Å². The zero-order valence-electron chi connectivity index (χ0n) is 23.0. The Hall–Kier alpha value is -3.38. The molecule has 0 aliphatic carbocycles. The van der Waals surface area contributed by atoms with Crippen molar-refractivity contribution in [1.82, 2.24) is 9.80 Å². The molecule has 6 heteroatoms. The summed E-state index contributed by atoms with van der Waals surface area (Å²) in [6.45, 7) is 19.2. The summed E-state index contributed by atoms with van der Waals surface area (Å²) < 4.78 is 5.61. The predicted octanol–water partition coefficient (Wildman–Crippen LogP) is 5.62. The summed E-state index contributed by atoms with van der Waals surface area (Å²) >= 11 is 0. The van der Waals surface area contributed by atoms with Crippen molar-refractivity contribution in [2.75, 3.05) is 32.8 Å². The first-order valence-corrected chi connectivity index (χ1v) is 13.0. The van der Waals surface area contributed by atoms with E-state index in [0.29, 0.717) is 31.0 Å². The second kappa shape index (κ2) is 11.8. The van der Waals surface area contributed by atoms with E-state index in [1.54, 1.807) is 23.1 Å². The quantitative estimate of drug-likeness (QED) is 0.197. The SMILES string of the molecule is C=CCOc1ccc(C(O)=C2C(=O)C(=O)N(CCN(CC)CC)C2c2ccc(C(C)(C)C)cc2)c(C)c1. The Labute approximate surface area is 221 Å². The van der Waals surface area contributed by atoms with Crippen LogP contribution in [0.3, 0.4) is 0 Å². The smallest absolute Gasteiger partial charge is 0.295 e. The van der Waals surface area contributed by atoms with Crippen LogP contribution in [0.5, 0.6) is 5.75 Å². The Morgan fingerprint density at radius 2 is 1.76 bits per heavy atom. The number of ether oxygens (including phenoxy) is 1. The number of nitrogens with zero attached hydrogens (tertiary/aromatic N) is 2. The number of Topliss-reactive ketones (excluding diaryl/α,β-unsaturated/α-hetero) is 1. The molecule has 1 unspecified atom stereocenters. The molecule has 3 rings (SSSR count). The van der Waals surface area contributed by atoms with E-state index in [-0.39, 0.29) is 16.7 Å². The molecule has 0 bridgehead atoms. The van der Waals surface area contributed by atoms with Gasteiger partial charge in [0, 0.05) is 18.7 Å². The van der Waals surface area contributed by atoms with Crippen LogP contribution in [0.4, 0.5) is 0 Å². The maximum Gasteiger partial charge on any atom is 0.295 e. The van der Waals surface area contributed by atoms with Crippen LogP contribution in [-0.4, -0.2) is 59.4 Å². The number of aryl methyl sites for hydroxylation is 1. The largest absolute Gasteiger partial charge is 0.507 e. The maximum atomic E-state index is 13.4. The summed E-state index contributed by atoms with van der Waals surface area (Å²) in [5.74, 6) is -0.764. The van der Waals surface area contributed by atoms with Gasteiger partial charge in [0.2, 0.25) is 0 Å². The van der Waals surface area contributed by atoms with Crippen LogP contribution in [0.15, 0.2) is 60.7 Å². The number of hydrogen-bond acceptors (Lipinski definition) is 5. The lowest BCUT2D eigenvalue weighted by atomic mass is 9.85. The van der Waals surface area contributed by atoms with Crippen molar-refractivity contribution < 1.29 is 19.4 Å². The number of hydrogen-bond donors (Lipinski definition) is 1.